The number of alkyl halides is 3. The number of carboxylic acids is 1. The predicted molar refractivity (Wildman–Crippen MR) is 67.6 cm³/mol. The van der Waals surface area contributed by atoms with Crippen LogP contribution >= 0.6 is 0 Å². The summed E-state index contributed by atoms with van der Waals surface area (Å²) in [7, 11) is 0. The molecular weight excluding hydrogens is 289 g/mol. The first-order valence-corrected chi connectivity index (χ1v) is 6.00. The highest BCUT2D eigenvalue weighted by Gasteiger charge is 2.34. The monoisotopic (exact) mass is 304 g/mol. The molecule has 1 rings (SSSR count). The van der Waals surface area contributed by atoms with Crippen LogP contribution in [0.25, 0.3) is 0 Å². The maximum Gasteiger partial charge on any atom is 0.433 e. The van der Waals surface area contributed by atoms with Gasteiger partial charge in [0.2, 0.25) is 0 Å². The summed E-state index contributed by atoms with van der Waals surface area (Å²) in [5.41, 5.74) is -2.01. The molecule has 0 saturated heterocycles. The molecule has 21 heavy (non-hydrogen) atoms. The lowest BCUT2D eigenvalue weighted by atomic mass is 9.86. The van der Waals surface area contributed by atoms with Gasteiger partial charge in [-0.15, -0.1) is 0 Å². The predicted octanol–water partition coefficient (Wildman–Crippen LogP) is 2.33. The van der Waals surface area contributed by atoms with E-state index in [9.17, 15) is 22.8 Å². The fourth-order valence-corrected chi connectivity index (χ4v) is 1.56. The number of pyridine rings is 1. The van der Waals surface area contributed by atoms with Crippen molar-refractivity contribution < 1.29 is 27.9 Å². The van der Waals surface area contributed by atoms with Gasteiger partial charge in [0.15, 0.2) is 0 Å². The Kier molecular flexibility index (Phi) is 4.60. The third-order valence-corrected chi connectivity index (χ3v) is 2.70. The van der Waals surface area contributed by atoms with Gasteiger partial charge in [0.1, 0.15) is 11.7 Å². The van der Waals surface area contributed by atoms with Crippen molar-refractivity contribution in [3.05, 3.63) is 29.6 Å². The fraction of sp³-hybridized carbons (Fsp3) is 0.462. The molecule has 1 amide bonds. The molecule has 0 aliphatic rings. The van der Waals surface area contributed by atoms with Crippen molar-refractivity contribution >= 4 is 11.9 Å². The zero-order valence-corrected chi connectivity index (χ0v) is 11.7. The van der Waals surface area contributed by atoms with E-state index in [1.807, 2.05) is 0 Å². The number of hydrogen-bond donors (Lipinski definition) is 2. The molecule has 0 saturated carbocycles. The molecule has 1 heterocycles. The smallest absolute Gasteiger partial charge is 0.433 e. The summed E-state index contributed by atoms with van der Waals surface area (Å²) in [6, 6.07) is 0.446. The second-order valence-electron chi connectivity index (χ2n) is 5.54. The average Bonchev–Trinajstić information content (AvgIpc) is 2.33. The zero-order valence-electron chi connectivity index (χ0n) is 11.7. The first-order chi connectivity index (χ1) is 9.43. The lowest BCUT2D eigenvalue weighted by molar-refractivity contribution is -0.142. The van der Waals surface area contributed by atoms with Crippen LogP contribution in [-0.2, 0) is 11.0 Å². The van der Waals surface area contributed by atoms with Gasteiger partial charge in [0.25, 0.3) is 5.91 Å². The highest BCUT2D eigenvalue weighted by Crippen LogP contribution is 2.27. The van der Waals surface area contributed by atoms with Crippen LogP contribution in [0.1, 0.15) is 36.8 Å². The van der Waals surface area contributed by atoms with Gasteiger partial charge in [-0.2, -0.15) is 13.2 Å². The molecule has 0 radical (unpaired) electrons. The van der Waals surface area contributed by atoms with Crippen LogP contribution < -0.4 is 5.32 Å². The maximum atomic E-state index is 12.4. The number of carbonyl (C=O) groups is 2. The zero-order chi connectivity index (χ0) is 16.4. The molecule has 1 aromatic rings. The normalized spacial score (nSPS) is 13.6. The average molecular weight is 304 g/mol. The van der Waals surface area contributed by atoms with Gasteiger partial charge in [-0.05, 0) is 17.5 Å². The second kappa shape index (κ2) is 5.71. The molecule has 0 spiro atoms. The Labute approximate surface area is 119 Å². The fourth-order valence-electron chi connectivity index (χ4n) is 1.56. The molecule has 2 N–H and O–H groups in total. The van der Waals surface area contributed by atoms with Gasteiger partial charge in [0, 0.05) is 6.20 Å². The summed E-state index contributed by atoms with van der Waals surface area (Å²) in [5, 5.41) is 11.3. The van der Waals surface area contributed by atoms with E-state index in [-0.39, 0.29) is 5.56 Å². The van der Waals surface area contributed by atoms with Crippen molar-refractivity contribution in [2.45, 2.75) is 33.0 Å². The molecule has 0 aromatic carbocycles. The highest BCUT2D eigenvalue weighted by atomic mass is 19.4. The molecule has 8 heteroatoms. The number of nitrogens with zero attached hydrogens (tertiary/aromatic N) is 1. The number of halogens is 3. The summed E-state index contributed by atoms with van der Waals surface area (Å²) < 4.78 is 37.1. The van der Waals surface area contributed by atoms with Crippen LogP contribution in [0.3, 0.4) is 0 Å². The van der Waals surface area contributed by atoms with Crippen molar-refractivity contribution in [3.63, 3.8) is 0 Å². The van der Waals surface area contributed by atoms with E-state index >= 15 is 0 Å². The minimum atomic E-state index is -4.59. The van der Waals surface area contributed by atoms with Gasteiger partial charge in [0.05, 0.1) is 5.56 Å². The Balaban J connectivity index is 2.92. The highest BCUT2D eigenvalue weighted by molar-refractivity contribution is 5.96. The molecule has 0 aliphatic carbocycles. The largest absolute Gasteiger partial charge is 0.480 e. The Bertz CT molecular complexity index is 533. The lowest BCUT2D eigenvalue weighted by Crippen LogP contribution is -2.49. The van der Waals surface area contributed by atoms with Crippen LogP contribution in [0.15, 0.2) is 18.3 Å². The van der Waals surface area contributed by atoms with Gasteiger partial charge in [-0.1, -0.05) is 20.8 Å². The van der Waals surface area contributed by atoms with Crippen molar-refractivity contribution in [2.24, 2.45) is 5.41 Å². The maximum absolute atomic E-state index is 12.4. The summed E-state index contributed by atoms with van der Waals surface area (Å²) >= 11 is 0. The van der Waals surface area contributed by atoms with E-state index in [4.69, 9.17) is 5.11 Å². The number of carboxylic acid groups (broad SMARTS) is 1. The van der Waals surface area contributed by atoms with Crippen LogP contribution in [0.4, 0.5) is 13.2 Å². The SMILES string of the molecule is CC(C)(C)[C@@H](NC(=O)c1ccc(C(F)(F)F)nc1)C(=O)O. The van der Waals surface area contributed by atoms with Crippen molar-refractivity contribution in [1.82, 2.24) is 10.3 Å². The number of hydrogen-bond acceptors (Lipinski definition) is 3. The number of carbonyl (C=O) groups excluding carboxylic acids is 1. The lowest BCUT2D eigenvalue weighted by Gasteiger charge is -2.27. The minimum absolute atomic E-state index is 0.140. The van der Waals surface area contributed by atoms with Crippen LogP contribution in [0.5, 0.6) is 0 Å². The Morgan fingerprint density at radius 3 is 2.14 bits per heavy atom. The Morgan fingerprint density at radius 1 is 1.24 bits per heavy atom. The van der Waals surface area contributed by atoms with Gasteiger partial charge < -0.3 is 10.4 Å². The Morgan fingerprint density at radius 2 is 1.81 bits per heavy atom. The van der Waals surface area contributed by atoms with Gasteiger partial charge in [-0.3, -0.25) is 9.78 Å². The number of aromatic nitrogens is 1. The summed E-state index contributed by atoms with van der Waals surface area (Å²) in [6.45, 7) is 4.87. The topological polar surface area (TPSA) is 79.3 Å². The van der Waals surface area contributed by atoms with E-state index in [1.54, 1.807) is 20.8 Å². The third-order valence-electron chi connectivity index (χ3n) is 2.70. The van der Waals surface area contributed by atoms with Crippen LogP contribution in [0.2, 0.25) is 0 Å². The van der Waals surface area contributed by atoms with Gasteiger partial charge >= 0.3 is 12.1 Å². The standard InChI is InChI=1S/C13H15F3N2O3/c1-12(2,3)9(11(20)21)18-10(19)7-4-5-8(17-6-7)13(14,15)16/h4-6,9H,1-3H3,(H,18,19)(H,20,21)/t9-/m0/s1. The summed E-state index contributed by atoms with van der Waals surface area (Å²) in [4.78, 5) is 26.1. The molecule has 0 bridgehead atoms. The molecule has 0 aliphatic heterocycles. The van der Waals surface area contributed by atoms with Crippen LogP contribution in [-0.4, -0.2) is 28.0 Å². The van der Waals surface area contributed by atoms with Crippen LogP contribution in [0, 0.1) is 5.41 Å². The van der Waals surface area contributed by atoms with E-state index in [0.29, 0.717) is 6.07 Å². The van der Waals surface area contributed by atoms with Crippen molar-refractivity contribution in [2.75, 3.05) is 0 Å². The summed E-state index contributed by atoms with van der Waals surface area (Å²) in [5.74, 6) is -2.02. The number of aliphatic carboxylic acids is 1. The third kappa shape index (κ3) is 4.44. The molecular formula is C13H15F3N2O3. The first kappa shape index (κ1) is 16.9. The molecule has 1 aromatic heterocycles. The molecule has 1 atom stereocenters. The number of nitrogens with one attached hydrogen (secondary N) is 1. The number of amides is 1. The molecule has 116 valence electrons. The quantitative estimate of drug-likeness (QED) is 0.898. The van der Waals surface area contributed by atoms with E-state index in [0.717, 1.165) is 12.3 Å². The Hall–Kier alpha value is -2.12. The minimum Gasteiger partial charge on any atom is -0.480 e. The molecule has 0 unspecified atom stereocenters. The summed E-state index contributed by atoms with van der Waals surface area (Å²) in [6.07, 6.45) is -3.83. The van der Waals surface area contributed by atoms with Crippen molar-refractivity contribution in [1.29, 1.82) is 0 Å². The van der Waals surface area contributed by atoms with Gasteiger partial charge in [-0.25, -0.2) is 4.79 Å². The van der Waals surface area contributed by atoms with Crippen molar-refractivity contribution in [3.8, 4) is 0 Å². The van der Waals surface area contributed by atoms with E-state index in [2.05, 4.69) is 10.3 Å². The first-order valence-electron chi connectivity index (χ1n) is 6.00. The second-order valence-corrected chi connectivity index (χ2v) is 5.54. The number of rotatable bonds is 3. The molecule has 5 nitrogen and oxygen atoms in total. The molecule has 0 fully saturated rings. The van der Waals surface area contributed by atoms with E-state index < -0.39 is 35.2 Å². The van der Waals surface area contributed by atoms with E-state index in [1.165, 1.54) is 0 Å².